The first-order valence-electron chi connectivity index (χ1n) is 7.96. The van der Waals surface area contributed by atoms with Crippen LogP contribution < -0.4 is 10.1 Å². The molecule has 1 heterocycles. The minimum atomic E-state index is -0.618. The Morgan fingerprint density at radius 3 is 2.74 bits per heavy atom. The number of amides is 1. The standard InChI is InChI=1S/C19H15FN2O5/c1-12-6-8-17(16(10-12)22(24)25)26-11-13-7-9-18(27-13)19(23)21-15-5-3-2-4-14(15)20/h2-10H,11H2,1H3,(H,21,23). The molecule has 0 spiro atoms. The lowest BCUT2D eigenvalue weighted by Gasteiger charge is -2.06. The van der Waals surface area contributed by atoms with E-state index in [1.54, 1.807) is 19.1 Å². The molecule has 0 aliphatic rings. The highest BCUT2D eigenvalue weighted by Gasteiger charge is 2.17. The van der Waals surface area contributed by atoms with Crippen LogP contribution in [0.15, 0.2) is 59.0 Å². The largest absolute Gasteiger partial charge is 0.479 e. The van der Waals surface area contributed by atoms with Crippen molar-refractivity contribution in [3.8, 4) is 5.75 Å². The zero-order valence-electron chi connectivity index (χ0n) is 14.3. The maximum atomic E-state index is 13.6. The van der Waals surface area contributed by atoms with Gasteiger partial charge in [-0.15, -0.1) is 0 Å². The third kappa shape index (κ3) is 4.30. The Balaban J connectivity index is 1.67. The van der Waals surface area contributed by atoms with Crippen LogP contribution >= 0.6 is 0 Å². The number of ether oxygens (including phenoxy) is 1. The molecule has 27 heavy (non-hydrogen) atoms. The smallest absolute Gasteiger partial charge is 0.311 e. The van der Waals surface area contributed by atoms with Crippen LogP contribution in [0.25, 0.3) is 0 Å². The highest BCUT2D eigenvalue weighted by molar-refractivity contribution is 6.02. The van der Waals surface area contributed by atoms with E-state index < -0.39 is 16.6 Å². The molecule has 0 atom stereocenters. The summed E-state index contributed by atoms with van der Waals surface area (Å²) in [6.45, 7) is 1.64. The van der Waals surface area contributed by atoms with Gasteiger partial charge in [0.2, 0.25) is 0 Å². The summed E-state index contributed by atoms with van der Waals surface area (Å²) in [5, 5.41) is 13.5. The number of hydrogen-bond donors (Lipinski definition) is 1. The molecule has 0 unspecified atom stereocenters. The van der Waals surface area contributed by atoms with E-state index >= 15 is 0 Å². The quantitative estimate of drug-likeness (QED) is 0.510. The maximum Gasteiger partial charge on any atom is 0.311 e. The number of nitro groups is 1. The topological polar surface area (TPSA) is 94.6 Å². The molecule has 1 N–H and O–H groups in total. The van der Waals surface area contributed by atoms with Crippen molar-refractivity contribution < 1.29 is 23.3 Å². The zero-order chi connectivity index (χ0) is 19.4. The van der Waals surface area contributed by atoms with Crippen molar-refractivity contribution in [3.05, 3.63) is 87.6 Å². The predicted molar refractivity (Wildman–Crippen MR) is 95.2 cm³/mol. The maximum absolute atomic E-state index is 13.6. The van der Waals surface area contributed by atoms with E-state index in [9.17, 15) is 19.3 Å². The van der Waals surface area contributed by atoms with Crippen LogP contribution in [0.1, 0.15) is 21.9 Å². The van der Waals surface area contributed by atoms with Crippen LogP contribution in [0.3, 0.4) is 0 Å². The van der Waals surface area contributed by atoms with Gasteiger partial charge in [0, 0.05) is 6.07 Å². The number of para-hydroxylation sites is 1. The number of carbonyl (C=O) groups excluding carboxylic acids is 1. The molecular weight excluding hydrogens is 355 g/mol. The summed E-state index contributed by atoms with van der Waals surface area (Å²) in [6, 6.07) is 13.3. The number of benzene rings is 2. The Bertz CT molecular complexity index is 999. The molecular formula is C19H15FN2O5. The molecule has 1 amide bonds. The van der Waals surface area contributed by atoms with E-state index in [4.69, 9.17) is 9.15 Å². The molecule has 0 radical (unpaired) electrons. The fourth-order valence-electron chi connectivity index (χ4n) is 2.37. The lowest BCUT2D eigenvalue weighted by atomic mass is 10.2. The summed E-state index contributed by atoms with van der Waals surface area (Å²) >= 11 is 0. The third-order valence-electron chi connectivity index (χ3n) is 3.69. The summed E-state index contributed by atoms with van der Waals surface area (Å²) in [6.07, 6.45) is 0. The minimum absolute atomic E-state index is 0.0322. The number of nitrogens with one attached hydrogen (secondary N) is 1. The highest BCUT2D eigenvalue weighted by Crippen LogP contribution is 2.28. The first-order chi connectivity index (χ1) is 12.9. The van der Waals surface area contributed by atoms with Gasteiger partial charge < -0.3 is 14.5 Å². The summed E-state index contributed by atoms with van der Waals surface area (Å²) in [4.78, 5) is 22.7. The van der Waals surface area contributed by atoms with E-state index in [-0.39, 0.29) is 29.5 Å². The number of furan rings is 1. The summed E-state index contributed by atoms with van der Waals surface area (Å²) < 4.78 is 24.4. The SMILES string of the molecule is Cc1ccc(OCc2ccc(C(=O)Nc3ccccc3F)o2)c([N+](=O)[O-])c1. The van der Waals surface area contributed by atoms with Crippen molar-refractivity contribution in [2.75, 3.05) is 5.32 Å². The third-order valence-corrected chi connectivity index (χ3v) is 3.69. The lowest BCUT2D eigenvalue weighted by Crippen LogP contribution is -2.12. The minimum Gasteiger partial charge on any atom is -0.479 e. The van der Waals surface area contributed by atoms with Crippen molar-refractivity contribution in [2.45, 2.75) is 13.5 Å². The van der Waals surface area contributed by atoms with Gasteiger partial charge in [0.25, 0.3) is 5.91 Å². The molecule has 3 rings (SSSR count). The van der Waals surface area contributed by atoms with Gasteiger partial charge in [-0.2, -0.15) is 0 Å². The number of aryl methyl sites for hydroxylation is 1. The Morgan fingerprint density at radius 2 is 2.00 bits per heavy atom. The van der Waals surface area contributed by atoms with E-state index in [1.165, 1.54) is 42.5 Å². The molecule has 0 saturated heterocycles. The van der Waals surface area contributed by atoms with Gasteiger partial charge in [0.05, 0.1) is 10.6 Å². The second-order valence-electron chi connectivity index (χ2n) is 5.72. The first-order valence-corrected chi connectivity index (χ1v) is 7.96. The van der Waals surface area contributed by atoms with Crippen molar-refractivity contribution in [1.82, 2.24) is 0 Å². The summed E-state index contributed by atoms with van der Waals surface area (Å²) in [5.74, 6) is -0.821. The average Bonchev–Trinajstić information content (AvgIpc) is 3.11. The van der Waals surface area contributed by atoms with E-state index in [0.717, 1.165) is 5.56 Å². The number of carbonyl (C=O) groups is 1. The second-order valence-corrected chi connectivity index (χ2v) is 5.72. The fraction of sp³-hybridized carbons (Fsp3) is 0.105. The van der Waals surface area contributed by atoms with Crippen molar-refractivity contribution >= 4 is 17.3 Å². The molecule has 2 aromatic carbocycles. The predicted octanol–water partition coefficient (Wildman–Crippen LogP) is 4.47. The lowest BCUT2D eigenvalue weighted by molar-refractivity contribution is -0.386. The zero-order valence-corrected chi connectivity index (χ0v) is 14.3. The Kier molecular flexibility index (Phi) is 5.16. The number of rotatable bonds is 6. The molecule has 0 fully saturated rings. The van der Waals surface area contributed by atoms with E-state index in [0.29, 0.717) is 5.76 Å². The van der Waals surface area contributed by atoms with Gasteiger partial charge in [0.1, 0.15) is 18.2 Å². The molecule has 138 valence electrons. The van der Waals surface area contributed by atoms with Crippen molar-refractivity contribution in [2.24, 2.45) is 0 Å². The van der Waals surface area contributed by atoms with E-state index in [2.05, 4.69) is 5.32 Å². The van der Waals surface area contributed by atoms with Gasteiger partial charge in [0.15, 0.2) is 11.5 Å². The van der Waals surface area contributed by atoms with Crippen LogP contribution in [-0.2, 0) is 6.61 Å². The van der Waals surface area contributed by atoms with Crippen LogP contribution in [-0.4, -0.2) is 10.8 Å². The molecule has 3 aromatic rings. The molecule has 0 aliphatic heterocycles. The molecule has 0 bridgehead atoms. The Morgan fingerprint density at radius 1 is 1.22 bits per heavy atom. The fourth-order valence-corrected chi connectivity index (χ4v) is 2.37. The normalized spacial score (nSPS) is 10.4. The number of nitro benzene ring substituents is 1. The molecule has 0 saturated carbocycles. The van der Waals surface area contributed by atoms with Crippen LogP contribution in [0, 0.1) is 22.9 Å². The molecule has 1 aromatic heterocycles. The number of anilines is 1. The number of nitrogens with zero attached hydrogens (tertiary/aromatic N) is 1. The summed E-state index contributed by atoms with van der Waals surface area (Å²) in [7, 11) is 0. The van der Waals surface area contributed by atoms with Gasteiger partial charge >= 0.3 is 5.69 Å². The Hall–Kier alpha value is -3.68. The van der Waals surface area contributed by atoms with Gasteiger partial charge in [-0.3, -0.25) is 14.9 Å². The van der Waals surface area contributed by atoms with Crippen LogP contribution in [0.5, 0.6) is 5.75 Å². The van der Waals surface area contributed by atoms with Crippen LogP contribution in [0.4, 0.5) is 15.8 Å². The van der Waals surface area contributed by atoms with E-state index in [1.807, 2.05) is 0 Å². The van der Waals surface area contributed by atoms with Gasteiger partial charge in [-0.25, -0.2) is 4.39 Å². The van der Waals surface area contributed by atoms with Crippen LogP contribution in [0.2, 0.25) is 0 Å². The van der Waals surface area contributed by atoms with Crippen molar-refractivity contribution in [1.29, 1.82) is 0 Å². The molecule has 7 nitrogen and oxygen atoms in total. The average molecular weight is 370 g/mol. The number of halogens is 1. The monoisotopic (exact) mass is 370 g/mol. The highest BCUT2D eigenvalue weighted by atomic mass is 19.1. The summed E-state index contributed by atoms with van der Waals surface area (Å²) in [5.41, 5.74) is 0.616. The second kappa shape index (κ2) is 7.69. The first kappa shape index (κ1) is 18.1. The molecule has 0 aliphatic carbocycles. The molecule has 8 heteroatoms. The van der Waals surface area contributed by atoms with Gasteiger partial charge in [-0.05, 0) is 42.8 Å². The number of hydrogen-bond acceptors (Lipinski definition) is 5. The van der Waals surface area contributed by atoms with Gasteiger partial charge in [-0.1, -0.05) is 18.2 Å². The van der Waals surface area contributed by atoms with Crippen molar-refractivity contribution in [3.63, 3.8) is 0 Å². The Labute approximate surface area is 153 Å².